The lowest BCUT2D eigenvalue weighted by molar-refractivity contribution is -0.121. The van der Waals surface area contributed by atoms with Gasteiger partial charge in [-0.05, 0) is 106 Å². The molecule has 0 unspecified atom stereocenters. The highest BCUT2D eigenvalue weighted by atomic mass is 28.3. The summed E-state index contributed by atoms with van der Waals surface area (Å²) in [4.78, 5) is 34.5. The molecule has 2 amide bonds. The predicted molar refractivity (Wildman–Crippen MR) is 238 cm³/mol. The van der Waals surface area contributed by atoms with Crippen LogP contribution in [0.4, 0.5) is 11.9 Å². The lowest BCUT2D eigenvalue weighted by Crippen LogP contribution is -2.27. The highest BCUT2D eigenvalue weighted by Gasteiger charge is 2.29. The summed E-state index contributed by atoms with van der Waals surface area (Å²) >= 11 is 0. The largest absolute Gasteiger partial charge is 0.386 e. The van der Waals surface area contributed by atoms with Crippen molar-refractivity contribution in [3.8, 4) is 0 Å². The van der Waals surface area contributed by atoms with Crippen LogP contribution in [0.2, 0.25) is 18.1 Å². The molecule has 56 heavy (non-hydrogen) atoms. The van der Waals surface area contributed by atoms with Crippen molar-refractivity contribution < 1.29 is 14.7 Å². The molecule has 0 aliphatic heterocycles. The smallest absolute Gasteiger partial charge is 0.229 e. The molecular formula is C46H74N6O3Si. The quantitative estimate of drug-likeness (QED) is 0.117. The molecule has 4 aromatic rings. The Bertz CT molecular complexity index is 1890. The van der Waals surface area contributed by atoms with E-state index in [2.05, 4.69) is 105 Å². The van der Waals surface area contributed by atoms with Crippen molar-refractivity contribution in [2.24, 2.45) is 23.7 Å². The van der Waals surface area contributed by atoms with E-state index in [1.54, 1.807) is 13.8 Å². The summed E-state index contributed by atoms with van der Waals surface area (Å²) < 4.78 is 4.41. The standard InChI is InChI=1S/C20H29N3O2.C20H29N3O.C6H16Si/c1-12(2)13(3)18(24)22-19-21-16-10-9-14(20(4,5)25)11-17(16)23(19)15-7-6-8-15;1-12(2)14(5)19(24)22-20-21-17-10-9-15(13(3)4)11-18(17)23(20)16-7-6-8-16;1-4-7(5-2)6-3/h9-13,15,25H,6-8H2,1-5H3,(H,21,22,24);9-14,16H,6-8H2,1-5H3,(H,21,22,24);7H,4-6H2,1-3H3/t13-;14-;/m00./s1. The maximum absolute atomic E-state index is 12.5. The minimum absolute atomic E-state index is 0.00795. The summed E-state index contributed by atoms with van der Waals surface area (Å²) in [6, 6.07) is 17.6. The molecule has 2 atom stereocenters. The first-order valence-corrected chi connectivity index (χ1v) is 24.2. The second-order valence-electron chi connectivity index (χ2n) is 18.1. The summed E-state index contributed by atoms with van der Waals surface area (Å²) in [7, 11) is -0.171. The van der Waals surface area contributed by atoms with Gasteiger partial charge in [0.2, 0.25) is 23.7 Å². The van der Waals surface area contributed by atoms with Gasteiger partial charge in [-0.1, -0.05) is 106 Å². The van der Waals surface area contributed by atoms with Gasteiger partial charge >= 0.3 is 0 Å². The third-order valence-electron chi connectivity index (χ3n) is 12.7. The number of nitrogens with zero attached hydrogens (tertiary/aromatic N) is 4. The van der Waals surface area contributed by atoms with Crippen LogP contribution in [-0.4, -0.2) is 44.8 Å². The van der Waals surface area contributed by atoms with Crippen molar-refractivity contribution >= 4 is 54.6 Å². The van der Waals surface area contributed by atoms with E-state index in [-0.39, 0.29) is 38.4 Å². The fourth-order valence-electron chi connectivity index (χ4n) is 7.07. The van der Waals surface area contributed by atoms with Gasteiger partial charge in [0.15, 0.2) is 0 Å². The van der Waals surface area contributed by atoms with Crippen LogP contribution in [0.15, 0.2) is 36.4 Å². The van der Waals surface area contributed by atoms with Crippen molar-refractivity contribution in [3.63, 3.8) is 0 Å². The number of aromatic nitrogens is 4. The second kappa shape index (κ2) is 19.8. The number of amides is 2. The van der Waals surface area contributed by atoms with Gasteiger partial charge in [0, 0.05) is 32.7 Å². The number of nitrogens with one attached hydrogen (secondary N) is 2. The van der Waals surface area contributed by atoms with Gasteiger partial charge in [0.25, 0.3) is 0 Å². The molecule has 0 bridgehead atoms. The summed E-state index contributed by atoms with van der Waals surface area (Å²) in [5, 5.41) is 16.5. The average Bonchev–Trinajstić information content (AvgIpc) is 3.63. The van der Waals surface area contributed by atoms with Crippen molar-refractivity contribution in [3.05, 3.63) is 47.5 Å². The Morgan fingerprint density at radius 2 is 1.12 bits per heavy atom. The van der Waals surface area contributed by atoms with Gasteiger partial charge in [0.1, 0.15) is 0 Å². The van der Waals surface area contributed by atoms with E-state index < -0.39 is 5.60 Å². The van der Waals surface area contributed by atoms with E-state index in [1.165, 1.54) is 49.4 Å². The Kier molecular flexibility index (Phi) is 16.0. The van der Waals surface area contributed by atoms with Gasteiger partial charge in [-0.25, -0.2) is 9.97 Å². The molecule has 2 saturated carbocycles. The number of fused-ring (bicyclic) bond motifs is 2. The molecule has 2 heterocycles. The zero-order valence-corrected chi connectivity index (χ0v) is 38.2. The number of anilines is 2. The molecule has 9 nitrogen and oxygen atoms in total. The Balaban J connectivity index is 0.000000213. The molecule has 2 aliphatic rings. The van der Waals surface area contributed by atoms with Crippen molar-refractivity contribution in [1.29, 1.82) is 0 Å². The minimum atomic E-state index is -0.904. The molecule has 0 radical (unpaired) electrons. The number of hydrogen-bond acceptors (Lipinski definition) is 5. The summed E-state index contributed by atoms with van der Waals surface area (Å²) in [5.41, 5.74) is 5.23. The van der Waals surface area contributed by atoms with E-state index in [0.29, 0.717) is 35.8 Å². The molecule has 2 aromatic heterocycles. The van der Waals surface area contributed by atoms with Crippen molar-refractivity contribution in [2.75, 3.05) is 10.6 Å². The van der Waals surface area contributed by atoms with Crippen molar-refractivity contribution in [1.82, 2.24) is 19.1 Å². The Morgan fingerprint density at radius 3 is 1.45 bits per heavy atom. The van der Waals surface area contributed by atoms with Crippen LogP contribution in [0, 0.1) is 23.7 Å². The van der Waals surface area contributed by atoms with Crippen molar-refractivity contribution in [2.45, 2.75) is 170 Å². The fraction of sp³-hybridized carbons (Fsp3) is 0.652. The number of carbonyl (C=O) groups is 2. The van der Waals surface area contributed by atoms with Crippen LogP contribution in [0.25, 0.3) is 22.1 Å². The topological polar surface area (TPSA) is 114 Å². The molecule has 2 aromatic carbocycles. The van der Waals surface area contributed by atoms with Crippen LogP contribution in [0.3, 0.4) is 0 Å². The Morgan fingerprint density at radius 1 is 0.714 bits per heavy atom. The summed E-state index contributed by atoms with van der Waals surface area (Å²) in [6.07, 6.45) is 6.98. The maximum Gasteiger partial charge on any atom is 0.229 e. The van der Waals surface area contributed by atoms with Crippen LogP contribution in [-0.2, 0) is 15.2 Å². The van der Waals surface area contributed by atoms with Crippen LogP contribution >= 0.6 is 0 Å². The van der Waals surface area contributed by atoms with Gasteiger partial charge < -0.3 is 14.2 Å². The number of aliphatic hydroxyl groups is 1. The lowest BCUT2D eigenvalue weighted by atomic mass is 9.92. The van der Waals surface area contributed by atoms with Crippen LogP contribution in [0.5, 0.6) is 0 Å². The first kappa shape index (κ1) is 45.2. The number of hydrogen-bond donors (Lipinski definition) is 3. The SMILES string of the molecule is CC(C)[C@H](C)C(=O)Nc1nc2ccc(C(C)(C)O)cc2n1C1CCC1.CC(C)c1ccc2nc(NC(=O)[C@@H](C)C(C)C)n(C3CCC3)c2c1.CC[SiH](CC)CC. The predicted octanol–water partition coefficient (Wildman–Crippen LogP) is 11.6. The van der Waals surface area contributed by atoms with Gasteiger partial charge in [0.05, 0.1) is 27.7 Å². The molecule has 2 aliphatic carbocycles. The molecule has 0 saturated heterocycles. The number of imidazole rings is 2. The van der Waals surface area contributed by atoms with Crippen LogP contribution < -0.4 is 10.6 Å². The Labute approximate surface area is 339 Å². The summed E-state index contributed by atoms with van der Waals surface area (Å²) in [6.45, 7) is 27.1. The van der Waals surface area contributed by atoms with Gasteiger partial charge in [-0.15, -0.1) is 0 Å². The van der Waals surface area contributed by atoms with E-state index in [4.69, 9.17) is 4.98 Å². The molecule has 310 valence electrons. The molecule has 2 fully saturated rings. The minimum Gasteiger partial charge on any atom is -0.386 e. The molecule has 6 rings (SSSR count). The van der Waals surface area contributed by atoms with Gasteiger partial charge in [-0.3, -0.25) is 20.2 Å². The third kappa shape index (κ3) is 10.9. The second-order valence-corrected chi connectivity index (χ2v) is 22.3. The zero-order valence-electron chi connectivity index (χ0n) is 37.0. The fourth-order valence-corrected chi connectivity index (χ4v) is 8.80. The third-order valence-corrected chi connectivity index (χ3v) is 16.1. The number of rotatable bonds is 13. The van der Waals surface area contributed by atoms with E-state index in [9.17, 15) is 14.7 Å². The van der Waals surface area contributed by atoms with Crippen LogP contribution in [0.1, 0.15) is 158 Å². The highest BCUT2D eigenvalue weighted by Crippen LogP contribution is 2.39. The number of carbonyl (C=O) groups excluding carboxylic acids is 2. The molecule has 3 N–H and O–H groups in total. The number of benzene rings is 2. The maximum atomic E-state index is 12.5. The average molecular weight is 787 g/mol. The first-order valence-electron chi connectivity index (χ1n) is 21.8. The lowest BCUT2D eigenvalue weighted by Gasteiger charge is -2.29. The zero-order chi connectivity index (χ0) is 41.5. The molecule has 10 heteroatoms. The summed E-state index contributed by atoms with van der Waals surface area (Å²) in [5.74, 6) is 2.41. The highest BCUT2D eigenvalue weighted by molar-refractivity contribution is 6.58. The normalized spacial score (nSPS) is 16.0. The Hall–Kier alpha value is -3.50. The first-order chi connectivity index (χ1) is 26.4. The van der Waals surface area contributed by atoms with E-state index in [1.807, 2.05) is 32.0 Å². The van der Waals surface area contributed by atoms with E-state index in [0.717, 1.165) is 40.5 Å². The monoisotopic (exact) mass is 787 g/mol. The van der Waals surface area contributed by atoms with Gasteiger partial charge in [-0.2, -0.15) is 0 Å². The molecule has 0 spiro atoms. The van der Waals surface area contributed by atoms with E-state index >= 15 is 0 Å². The molecular weight excluding hydrogens is 713 g/mol.